The third-order valence-electron chi connectivity index (χ3n) is 2.91. The van der Waals surface area contributed by atoms with Gasteiger partial charge in [0, 0.05) is 0 Å². The van der Waals surface area contributed by atoms with Gasteiger partial charge in [-0.2, -0.15) is 0 Å². The van der Waals surface area contributed by atoms with Gasteiger partial charge in [0.1, 0.15) is 0 Å². The number of fused-ring (bicyclic) bond motifs is 2. The minimum absolute atomic E-state index is 1.05. The van der Waals surface area contributed by atoms with Gasteiger partial charge in [0.15, 0.2) is 0 Å². The molecule has 14 heavy (non-hydrogen) atoms. The molecule has 0 saturated heterocycles. The largest absolute Gasteiger partial charge is 0.0620 e. The molecule has 3 rings (SSSR count). The van der Waals surface area contributed by atoms with Gasteiger partial charge in [0.2, 0.25) is 0 Å². The summed E-state index contributed by atoms with van der Waals surface area (Å²) >= 11 is 0. The lowest BCUT2D eigenvalue weighted by Crippen LogP contribution is -2.06. The highest BCUT2D eigenvalue weighted by Crippen LogP contribution is 2.25. The Morgan fingerprint density at radius 3 is 2.36 bits per heavy atom. The molecule has 1 aliphatic rings. The van der Waals surface area contributed by atoms with Crippen LogP contribution in [0, 0.1) is 6.07 Å². The summed E-state index contributed by atoms with van der Waals surface area (Å²) < 4.78 is 0. The van der Waals surface area contributed by atoms with E-state index in [-0.39, 0.29) is 0 Å². The minimum atomic E-state index is 1.05. The molecule has 2 aromatic rings. The van der Waals surface area contributed by atoms with E-state index in [9.17, 15) is 0 Å². The molecule has 0 aromatic heterocycles. The van der Waals surface area contributed by atoms with Gasteiger partial charge in [-0.1, -0.05) is 42.5 Å². The van der Waals surface area contributed by atoms with Crippen LogP contribution in [0.15, 0.2) is 42.5 Å². The van der Waals surface area contributed by atoms with E-state index in [2.05, 4.69) is 42.5 Å². The van der Waals surface area contributed by atoms with E-state index in [1.54, 1.807) is 0 Å². The first-order valence-electron chi connectivity index (χ1n) is 4.99. The van der Waals surface area contributed by atoms with Gasteiger partial charge in [-0.05, 0) is 41.2 Å². The molecule has 0 amide bonds. The molecule has 0 heterocycles. The SMILES string of the molecule is [c]1cccc2c1Cc1ccccc1C2. The Kier molecular flexibility index (Phi) is 1.66. The maximum absolute atomic E-state index is 3.33. The summed E-state index contributed by atoms with van der Waals surface area (Å²) in [6.07, 6.45) is 2.12. The fourth-order valence-corrected chi connectivity index (χ4v) is 2.13. The van der Waals surface area contributed by atoms with E-state index < -0.39 is 0 Å². The lowest BCUT2D eigenvalue weighted by atomic mass is 9.86. The van der Waals surface area contributed by atoms with Crippen LogP contribution in [-0.2, 0) is 12.8 Å². The maximum Gasteiger partial charge on any atom is -0.00139 e. The van der Waals surface area contributed by atoms with Crippen LogP contribution in [0.5, 0.6) is 0 Å². The first-order chi connectivity index (χ1) is 6.93. The average Bonchev–Trinajstić information content (AvgIpc) is 2.26. The predicted octanol–water partition coefficient (Wildman–Crippen LogP) is 2.98. The Morgan fingerprint density at radius 1 is 0.786 bits per heavy atom. The zero-order valence-electron chi connectivity index (χ0n) is 7.96. The van der Waals surface area contributed by atoms with Crippen molar-refractivity contribution in [1.29, 1.82) is 0 Å². The van der Waals surface area contributed by atoms with Crippen molar-refractivity contribution in [2.75, 3.05) is 0 Å². The first-order valence-corrected chi connectivity index (χ1v) is 4.99. The fraction of sp³-hybridized carbons (Fsp3) is 0.143. The number of rotatable bonds is 0. The highest BCUT2D eigenvalue weighted by Gasteiger charge is 2.13. The Balaban J connectivity index is 2.12. The lowest BCUT2D eigenvalue weighted by Gasteiger charge is -2.18. The second-order valence-corrected chi connectivity index (χ2v) is 3.80. The zero-order chi connectivity index (χ0) is 9.38. The van der Waals surface area contributed by atoms with Crippen molar-refractivity contribution < 1.29 is 0 Å². The van der Waals surface area contributed by atoms with Gasteiger partial charge >= 0.3 is 0 Å². The van der Waals surface area contributed by atoms with E-state index in [0.717, 1.165) is 12.8 Å². The van der Waals surface area contributed by atoms with E-state index in [4.69, 9.17) is 0 Å². The molecule has 0 N–H and O–H groups in total. The van der Waals surface area contributed by atoms with Crippen molar-refractivity contribution in [2.45, 2.75) is 12.8 Å². The molecule has 2 aromatic carbocycles. The molecule has 0 aliphatic heterocycles. The topological polar surface area (TPSA) is 0 Å². The summed E-state index contributed by atoms with van der Waals surface area (Å²) in [6.45, 7) is 0. The normalized spacial score (nSPS) is 13.1. The molecule has 0 atom stereocenters. The van der Waals surface area contributed by atoms with Crippen molar-refractivity contribution >= 4 is 0 Å². The molecule has 0 heteroatoms. The molecule has 0 nitrogen and oxygen atoms in total. The highest BCUT2D eigenvalue weighted by atomic mass is 14.2. The van der Waals surface area contributed by atoms with Gasteiger partial charge in [-0.3, -0.25) is 0 Å². The van der Waals surface area contributed by atoms with Gasteiger partial charge < -0.3 is 0 Å². The lowest BCUT2D eigenvalue weighted by molar-refractivity contribution is 0.999. The summed E-state index contributed by atoms with van der Waals surface area (Å²) in [5.74, 6) is 0. The zero-order valence-corrected chi connectivity index (χ0v) is 7.96. The fourth-order valence-electron chi connectivity index (χ4n) is 2.13. The Morgan fingerprint density at radius 2 is 1.50 bits per heavy atom. The van der Waals surface area contributed by atoms with Crippen molar-refractivity contribution in [3.8, 4) is 0 Å². The standard InChI is InChI=1S/C14H11/c1-2-6-12-10-14-8-4-3-7-13(14)9-11(12)5-1/h1-7H,9-10H2. The minimum Gasteiger partial charge on any atom is -0.0620 e. The Hall–Kier alpha value is -1.56. The smallest absolute Gasteiger partial charge is 0.00139 e. The van der Waals surface area contributed by atoms with E-state index >= 15 is 0 Å². The molecule has 1 radical (unpaired) electrons. The van der Waals surface area contributed by atoms with E-state index in [1.165, 1.54) is 22.3 Å². The summed E-state index contributed by atoms with van der Waals surface area (Å²) in [5, 5.41) is 0. The molecular formula is C14H11. The molecule has 0 fully saturated rings. The number of hydrogen-bond donors (Lipinski definition) is 0. The first kappa shape index (κ1) is 7.81. The van der Waals surface area contributed by atoms with Crippen molar-refractivity contribution in [3.63, 3.8) is 0 Å². The number of benzene rings is 2. The quantitative estimate of drug-likeness (QED) is 0.497. The van der Waals surface area contributed by atoms with E-state index in [0.29, 0.717) is 0 Å². The molecular weight excluding hydrogens is 168 g/mol. The summed E-state index contributed by atoms with van der Waals surface area (Å²) in [7, 11) is 0. The summed E-state index contributed by atoms with van der Waals surface area (Å²) in [5.41, 5.74) is 5.74. The van der Waals surface area contributed by atoms with Crippen molar-refractivity contribution in [2.24, 2.45) is 0 Å². The van der Waals surface area contributed by atoms with Crippen LogP contribution in [0.25, 0.3) is 0 Å². The van der Waals surface area contributed by atoms with Crippen LogP contribution in [-0.4, -0.2) is 0 Å². The van der Waals surface area contributed by atoms with Crippen LogP contribution in [0.3, 0.4) is 0 Å². The number of hydrogen-bond acceptors (Lipinski definition) is 0. The van der Waals surface area contributed by atoms with Gasteiger partial charge in [0.05, 0.1) is 0 Å². The van der Waals surface area contributed by atoms with Crippen LogP contribution in [0.4, 0.5) is 0 Å². The maximum atomic E-state index is 3.33. The molecule has 1 aliphatic carbocycles. The van der Waals surface area contributed by atoms with Crippen molar-refractivity contribution in [1.82, 2.24) is 0 Å². The van der Waals surface area contributed by atoms with Gasteiger partial charge in [-0.25, -0.2) is 0 Å². The van der Waals surface area contributed by atoms with Gasteiger partial charge in [0.25, 0.3) is 0 Å². The molecule has 0 saturated carbocycles. The van der Waals surface area contributed by atoms with Crippen molar-refractivity contribution in [3.05, 3.63) is 70.8 Å². The second-order valence-electron chi connectivity index (χ2n) is 3.80. The van der Waals surface area contributed by atoms with E-state index in [1.807, 2.05) is 6.07 Å². The summed E-state index contributed by atoms with van der Waals surface area (Å²) in [4.78, 5) is 0. The Labute approximate surface area is 84.2 Å². The average molecular weight is 179 g/mol. The third kappa shape index (κ3) is 1.15. The third-order valence-corrected chi connectivity index (χ3v) is 2.91. The van der Waals surface area contributed by atoms with Gasteiger partial charge in [-0.15, -0.1) is 0 Å². The second kappa shape index (κ2) is 2.98. The van der Waals surface area contributed by atoms with Crippen LogP contribution in [0.1, 0.15) is 22.3 Å². The summed E-state index contributed by atoms with van der Waals surface area (Å²) in [6, 6.07) is 18.3. The Bertz CT molecular complexity index is 381. The molecule has 67 valence electrons. The monoisotopic (exact) mass is 179 g/mol. The van der Waals surface area contributed by atoms with Crippen LogP contribution < -0.4 is 0 Å². The van der Waals surface area contributed by atoms with Crippen LogP contribution >= 0.6 is 0 Å². The molecule has 0 spiro atoms. The highest BCUT2D eigenvalue weighted by molar-refractivity contribution is 5.44. The molecule has 0 bridgehead atoms. The predicted molar refractivity (Wildman–Crippen MR) is 57.3 cm³/mol. The molecule has 0 unspecified atom stereocenters. The van der Waals surface area contributed by atoms with Crippen LogP contribution in [0.2, 0.25) is 0 Å².